The number of hydroxylamine groups is 2. The number of benzene rings is 1. The molecule has 2 saturated heterocycles. The van der Waals surface area contributed by atoms with Crippen LogP contribution in [0.15, 0.2) is 24.7 Å². The molecule has 1 aromatic heterocycles. The first kappa shape index (κ1) is 24.3. The number of cyclic esters (lactones) is 1. The maximum absolute atomic E-state index is 15.1. The van der Waals surface area contributed by atoms with Crippen molar-refractivity contribution in [2.45, 2.75) is 25.5 Å². The fraction of sp³-hybridized carbons (Fsp3) is 0.500. The van der Waals surface area contributed by atoms with Crippen LogP contribution in [0.25, 0.3) is 0 Å². The van der Waals surface area contributed by atoms with Crippen molar-refractivity contribution in [2.24, 2.45) is 7.05 Å². The molecule has 2 aliphatic rings. The molecule has 2 aliphatic heterocycles. The van der Waals surface area contributed by atoms with Gasteiger partial charge >= 0.3 is 6.09 Å². The number of aryl methyl sites for hydroxylation is 1. The van der Waals surface area contributed by atoms with Gasteiger partial charge in [0.25, 0.3) is 0 Å². The highest BCUT2D eigenvalue weighted by atomic mass is 32.1. The smallest absolute Gasteiger partial charge is 0.414 e. The van der Waals surface area contributed by atoms with Crippen molar-refractivity contribution < 1.29 is 27.9 Å². The average Bonchev–Trinajstić information content (AvgIpc) is 3.30. The number of carbonyl (C=O) groups excluding carboxylic acids is 1. The first-order valence-corrected chi connectivity index (χ1v) is 11.4. The summed E-state index contributed by atoms with van der Waals surface area (Å²) in [4.78, 5) is 25.2. The number of thiocarbonyl (C=S) groups is 1. The van der Waals surface area contributed by atoms with Crippen LogP contribution in [0.4, 0.5) is 25.0 Å². The average molecular weight is 496 g/mol. The Hall–Kier alpha value is -2.83. The molecule has 0 radical (unpaired) electrons. The van der Waals surface area contributed by atoms with Crippen LogP contribution in [-0.2, 0) is 27.9 Å². The van der Waals surface area contributed by atoms with Gasteiger partial charge in [-0.3, -0.25) is 9.74 Å². The lowest BCUT2D eigenvalue weighted by Crippen LogP contribution is -2.32. The molecule has 34 heavy (non-hydrogen) atoms. The van der Waals surface area contributed by atoms with Gasteiger partial charge in [-0.15, -0.1) is 0 Å². The third-order valence-electron chi connectivity index (χ3n) is 5.75. The molecule has 3 heterocycles. The maximum atomic E-state index is 15.1. The maximum Gasteiger partial charge on any atom is 0.414 e. The minimum atomic E-state index is -0.745. The molecule has 0 aliphatic carbocycles. The van der Waals surface area contributed by atoms with Crippen molar-refractivity contribution in [3.05, 3.63) is 42.0 Å². The molecule has 2 aromatic rings. The Bertz CT molecular complexity index is 1030. The molecule has 0 saturated carbocycles. The van der Waals surface area contributed by atoms with Crippen LogP contribution >= 0.6 is 12.2 Å². The number of amides is 1. The summed E-state index contributed by atoms with van der Waals surface area (Å²) in [5, 5.41) is 2.15. The summed E-state index contributed by atoms with van der Waals surface area (Å²) >= 11 is 5.01. The molecule has 4 rings (SSSR count). The Kier molecular flexibility index (Phi) is 7.59. The zero-order valence-electron chi connectivity index (χ0n) is 19.1. The van der Waals surface area contributed by atoms with Gasteiger partial charge in [0.1, 0.15) is 11.8 Å². The number of aromatic nitrogens is 2. The minimum Gasteiger partial charge on any atom is -0.490 e. The van der Waals surface area contributed by atoms with E-state index >= 15 is 8.78 Å². The van der Waals surface area contributed by atoms with Crippen molar-refractivity contribution in [1.82, 2.24) is 14.6 Å². The van der Waals surface area contributed by atoms with E-state index in [4.69, 9.17) is 26.5 Å². The predicted octanol–water partition coefficient (Wildman–Crippen LogP) is 3.03. The Morgan fingerprint density at radius 1 is 1.26 bits per heavy atom. The summed E-state index contributed by atoms with van der Waals surface area (Å²) in [7, 11) is 3.37. The fourth-order valence-electron chi connectivity index (χ4n) is 4.04. The van der Waals surface area contributed by atoms with Crippen LogP contribution in [0.3, 0.4) is 0 Å². The summed E-state index contributed by atoms with van der Waals surface area (Å²) < 4.78 is 42.3. The summed E-state index contributed by atoms with van der Waals surface area (Å²) in [5.41, 5.74) is 0.822. The first-order valence-electron chi connectivity index (χ1n) is 11.0. The Morgan fingerprint density at radius 2 is 2.03 bits per heavy atom. The van der Waals surface area contributed by atoms with Gasteiger partial charge in [0.15, 0.2) is 16.7 Å². The number of ether oxygens (including phenoxy) is 2. The molecule has 1 amide bonds. The zero-order valence-corrected chi connectivity index (χ0v) is 19.9. The van der Waals surface area contributed by atoms with Crippen molar-refractivity contribution in [2.75, 3.05) is 49.7 Å². The number of anilines is 2. The summed E-state index contributed by atoms with van der Waals surface area (Å²) in [6, 6.07) is 2.33. The van der Waals surface area contributed by atoms with Crippen LogP contribution < -0.4 is 9.80 Å². The number of halogens is 2. The number of imidazole rings is 1. The molecule has 2 fully saturated rings. The van der Waals surface area contributed by atoms with Crippen LogP contribution in [0.5, 0.6) is 0 Å². The van der Waals surface area contributed by atoms with Gasteiger partial charge in [-0.1, -0.05) is 0 Å². The van der Waals surface area contributed by atoms with Gasteiger partial charge < -0.3 is 18.9 Å². The van der Waals surface area contributed by atoms with Crippen molar-refractivity contribution >= 4 is 34.7 Å². The Morgan fingerprint density at radius 3 is 2.71 bits per heavy atom. The van der Waals surface area contributed by atoms with E-state index in [-0.39, 0.29) is 24.5 Å². The summed E-state index contributed by atoms with van der Waals surface area (Å²) in [5.74, 6) is -1.49. The van der Waals surface area contributed by atoms with Crippen molar-refractivity contribution in [1.29, 1.82) is 0 Å². The van der Waals surface area contributed by atoms with Crippen LogP contribution in [0.1, 0.15) is 18.5 Å². The van der Waals surface area contributed by atoms with Gasteiger partial charge in [-0.2, -0.15) is 5.06 Å². The van der Waals surface area contributed by atoms with Crippen LogP contribution in [0.2, 0.25) is 0 Å². The number of rotatable bonds is 7. The van der Waals surface area contributed by atoms with Gasteiger partial charge in [0.05, 0.1) is 44.5 Å². The molecule has 9 nitrogen and oxygen atoms in total. The third-order valence-corrected chi connectivity index (χ3v) is 6.12. The molecule has 184 valence electrons. The second-order valence-electron chi connectivity index (χ2n) is 8.20. The van der Waals surface area contributed by atoms with Gasteiger partial charge in [-0.25, -0.2) is 18.6 Å². The number of hydrogen-bond donors (Lipinski definition) is 0. The fourth-order valence-corrected chi connectivity index (χ4v) is 4.16. The quantitative estimate of drug-likeness (QED) is 0.543. The summed E-state index contributed by atoms with van der Waals surface area (Å²) in [6.45, 7) is 2.07. The third kappa shape index (κ3) is 5.62. The molecule has 0 bridgehead atoms. The standard InChI is InChI=1S/C22H27F2N5O4S/c1-26-11-15(25-14-26)12-28-6-5-27(7-8-32-28)21-18(23)9-16(10-19(21)24)29-13-17(33-22(29)30)3-4-20(34)31-2/h9-11,14,17H,3-8,12-13H2,1-2H3/t17-/m0/s1. The van der Waals surface area contributed by atoms with Crippen LogP contribution in [0, 0.1) is 11.6 Å². The SMILES string of the molecule is COC(=S)CC[C@H]1CN(c2cc(F)c(N3CCON(Cc4cn(C)cn4)CC3)c(F)c2)C(=O)O1. The second-order valence-corrected chi connectivity index (χ2v) is 8.66. The molecular formula is C22H27F2N5O4S. The molecule has 0 unspecified atom stereocenters. The van der Waals surface area contributed by atoms with E-state index in [1.54, 1.807) is 16.3 Å². The molecule has 12 heteroatoms. The lowest BCUT2D eigenvalue weighted by atomic mass is 10.2. The largest absolute Gasteiger partial charge is 0.490 e. The monoisotopic (exact) mass is 495 g/mol. The molecule has 0 spiro atoms. The predicted molar refractivity (Wildman–Crippen MR) is 125 cm³/mol. The van der Waals surface area contributed by atoms with Gasteiger partial charge in [0.2, 0.25) is 0 Å². The highest BCUT2D eigenvalue weighted by Crippen LogP contribution is 2.32. The molecule has 0 N–H and O–H groups in total. The number of methoxy groups -OCH3 is 1. The van der Waals surface area contributed by atoms with Gasteiger partial charge in [-0.05, 0) is 18.6 Å². The van der Waals surface area contributed by atoms with E-state index in [0.29, 0.717) is 44.1 Å². The first-order chi connectivity index (χ1) is 16.3. The van der Waals surface area contributed by atoms with Gasteiger partial charge in [0, 0.05) is 51.4 Å². The van der Waals surface area contributed by atoms with E-state index in [9.17, 15) is 4.79 Å². The van der Waals surface area contributed by atoms with E-state index in [1.165, 1.54) is 24.1 Å². The van der Waals surface area contributed by atoms with Crippen LogP contribution in [-0.4, -0.2) is 71.8 Å². The second kappa shape index (κ2) is 10.6. The van der Waals surface area contributed by atoms with E-state index < -0.39 is 23.8 Å². The summed E-state index contributed by atoms with van der Waals surface area (Å²) in [6.07, 6.45) is 3.45. The van der Waals surface area contributed by atoms with Crippen molar-refractivity contribution in [3.8, 4) is 0 Å². The molecule has 1 aromatic carbocycles. The zero-order chi connectivity index (χ0) is 24.2. The molecule has 1 atom stereocenters. The normalized spacial score (nSPS) is 19.3. The van der Waals surface area contributed by atoms with E-state index in [1.807, 2.05) is 17.8 Å². The topological polar surface area (TPSA) is 72.3 Å². The number of hydrogen-bond acceptors (Lipinski definition) is 8. The van der Waals surface area contributed by atoms with E-state index in [0.717, 1.165) is 5.69 Å². The highest BCUT2D eigenvalue weighted by Gasteiger charge is 2.34. The number of nitrogens with zero attached hydrogens (tertiary/aromatic N) is 5. The van der Waals surface area contributed by atoms with E-state index in [2.05, 4.69) is 4.98 Å². The lowest BCUT2D eigenvalue weighted by Gasteiger charge is -2.24. The lowest BCUT2D eigenvalue weighted by molar-refractivity contribution is -0.155. The highest BCUT2D eigenvalue weighted by molar-refractivity contribution is 7.80. The Balaban J connectivity index is 1.41. The number of carbonyl (C=O) groups is 1. The Labute approximate surface area is 201 Å². The molecular weight excluding hydrogens is 468 g/mol. The van der Waals surface area contributed by atoms with Crippen molar-refractivity contribution in [3.63, 3.8) is 0 Å². The minimum absolute atomic E-state index is 0.114.